The Kier molecular flexibility index (Phi) is 4.10. The molecule has 126 valence electrons. The zero-order valence-electron chi connectivity index (χ0n) is 13.0. The number of carboxylic acid groups (broad SMARTS) is 1. The second-order valence-electron chi connectivity index (χ2n) is 5.70. The van der Waals surface area contributed by atoms with Crippen LogP contribution in [-0.2, 0) is 19.9 Å². The lowest BCUT2D eigenvalue weighted by atomic mass is 9.79. The fourth-order valence-electron chi connectivity index (χ4n) is 3.14. The Morgan fingerprint density at radius 2 is 2.08 bits per heavy atom. The summed E-state index contributed by atoms with van der Waals surface area (Å²) in [5.41, 5.74) is 5.36. The summed E-state index contributed by atoms with van der Waals surface area (Å²) < 4.78 is 0. The SMILES string of the molecule is CC1=C(C(=O)O)N2C(=O)[C@@](NC(=O)CN)(c3ccccc3)[C@@H]2SC1. The van der Waals surface area contributed by atoms with Crippen LogP contribution in [0.3, 0.4) is 0 Å². The average molecular weight is 347 g/mol. The molecule has 2 aliphatic rings. The molecule has 3 rings (SSSR count). The Morgan fingerprint density at radius 1 is 1.42 bits per heavy atom. The van der Waals surface area contributed by atoms with E-state index in [1.54, 1.807) is 31.2 Å². The molecule has 1 saturated heterocycles. The summed E-state index contributed by atoms with van der Waals surface area (Å²) >= 11 is 1.43. The minimum Gasteiger partial charge on any atom is -0.477 e. The number of carbonyl (C=O) groups excluding carboxylic acids is 2. The van der Waals surface area contributed by atoms with Crippen molar-refractivity contribution in [3.05, 3.63) is 47.2 Å². The van der Waals surface area contributed by atoms with Crippen LogP contribution in [0, 0.1) is 0 Å². The maximum Gasteiger partial charge on any atom is 0.352 e. The van der Waals surface area contributed by atoms with Crippen LogP contribution in [0.1, 0.15) is 12.5 Å². The zero-order valence-corrected chi connectivity index (χ0v) is 13.8. The topological polar surface area (TPSA) is 113 Å². The zero-order chi connectivity index (χ0) is 17.5. The molecule has 0 radical (unpaired) electrons. The van der Waals surface area contributed by atoms with Crippen molar-refractivity contribution in [1.29, 1.82) is 0 Å². The highest BCUT2D eigenvalue weighted by atomic mass is 32.2. The molecule has 2 heterocycles. The number of hydrogen-bond acceptors (Lipinski definition) is 5. The lowest BCUT2D eigenvalue weighted by Gasteiger charge is -2.57. The summed E-state index contributed by atoms with van der Waals surface area (Å²) in [6.07, 6.45) is 0. The summed E-state index contributed by atoms with van der Waals surface area (Å²) in [5, 5.41) is 11.7. The molecule has 1 aromatic carbocycles. The van der Waals surface area contributed by atoms with Gasteiger partial charge in [-0.1, -0.05) is 30.3 Å². The van der Waals surface area contributed by atoms with Gasteiger partial charge in [-0.2, -0.15) is 0 Å². The third-order valence-electron chi connectivity index (χ3n) is 4.22. The first-order chi connectivity index (χ1) is 11.4. The lowest BCUT2D eigenvalue weighted by molar-refractivity contribution is -0.160. The molecule has 0 unspecified atom stereocenters. The van der Waals surface area contributed by atoms with Gasteiger partial charge in [-0.3, -0.25) is 14.5 Å². The van der Waals surface area contributed by atoms with E-state index in [0.29, 0.717) is 16.9 Å². The molecule has 4 N–H and O–H groups in total. The van der Waals surface area contributed by atoms with Gasteiger partial charge >= 0.3 is 5.97 Å². The van der Waals surface area contributed by atoms with Crippen LogP contribution in [-0.4, -0.2) is 45.5 Å². The monoisotopic (exact) mass is 347 g/mol. The molecular weight excluding hydrogens is 330 g/mol. The summed E-state index contributed by atoms with van der Waals surface area (Å²) in [7, 11) is 0. The fraction of sp³-hybridized carbons (Fsp3) is 0.312. The summed E-state index contributed by atoms with van der Waals surface area (Å²) in [5.74, 6) is -1.58. The van der Waals surface area contributed by atoms with Crippen molar-refractivity contribution in [2.75, 3.05) is 12.3 Å². The molecular formula is C16H17N3O4S. The summed E-state index contributed by atoms with van der Waals surface area (Å²) in [6.45, 7) is 1.45. The Labute approximate surface area is 142 Å². The van der Waals surface area contributed by atoms with Crippen LogP contribution >= 0.6 is 11.8 Å². The predicted molar refractivity (Wildman–Crippen MR) is 88.7 cm³/mol. The maximum atomic E-state index is 13.0. The first-order valence-corrected chi connectivity index (χ1v) is 8.43. The number of aliphatic carboxylic acids is 1. The molecule has 2 aliphatic heterocycles. The molecule has 24 heavy (non-hydrogen) atoms. The summed E-state index contributed by atoms with van der Waals surface area (Å²) in [4.78, 5) is 37.8. The van der Waals surface area contributed by atoms with Gasteiger partial charge in [0.15, 0.2) is 5.54 Å². The minimum atomic E-state index is -1.29. The Bertz CT molecular complexity index is 749. The number of carboxylic acids is 1. The third-order valence-corrected chi connectivity index (χ3v) is 5.70. The predicted octanol–water partition coefficient (Wildman–Crippen LogP) is 0.231. The van der Waals surface area contributed by atoms with Crippen molar-refractivity contribution in [3.63, 3.8) is 0 Å². The molecule has 2 amide bonds. The van der Waals surface area contributed by atoms with Gasteiger partial charge in [0.25, 0.3) is 5.91 Å². The van der Waals surface area contributed by atoms with E-state index in [1.807, 2.05) is 6.07 Å². The highest BCUT2D eigenvalue weighted by molar-refractivity contribution is 8.00. The van der Waals surface area contributed by atoms with Crippen LogP contribution in [0.25, 0.3) is 0 Å². The molecule has 0 bridgehead atoms. The fourth-order valence-corrected chi connectivity index (χ4v) is 4.58. The number of fused-ring (bicyclic) bond motifs is 1. The normalized spacial score (nSPS) is 25.8. The van der Waals surface area contributed by atoms with Gasteiger partial charge in [-0.05, 0) is 18.1 Å². The number of rotatable bonds is 4. The van der Waals surface area contributed by atoms with Crippen molar-refractivity contribution < 1.29 is 19.5 Å². The van der Waals surface area contributed by atoms with E-state index in [2.05, 4.69) is 5.32 Å². The standard InChI is InChI=1S/C16H17N3O4S/c1-9-8-24-15-16(18-11(20)7-17,10-5-3-2-4-6-10)14(23)19(15)12(9)13(21)22/h2-6,15H,7-8,17H2,1H3,(H,18,20)(H,21,22)/t15-,16-/m0/s1. The molecule has 0 spiro atoms. The largest absolute Gasteiger partial charge is 0.477 e. The van der Waals surface area contributed by atoms with E-state index in [-0.39, 0.29) is 12.2 Å². The van der Waals surface area contributed by atoms with Gasteiger partial charge in [0.1, 0.15) is 11.1 Å². The molecule has 0 aromatic heterocycles. The number of nitrogens with one attached hydrogen (secondary N) is 1. The Morgan fingerprint density at radius 3 is 2.67 bits per heavy atom. The second kappa shape index (κ2) is 5.95. The number of hydrogen-bond donors (Lipinski definition) is 3. The van der Waals surface area contributed by atoms with Crippen molar-refractivity contribution >= 4 is 29.5 Å². The lowest BCUT2D eigenvalue weighted by Crippen LogP contribution is -2.77. The smallest absolute Gasteiger partial charge is 0.352 e. The number of amides is 2. The van der Waals surface area contributed by atoms with Crippen LogP contribution in [0.15, 0.2) is 41.6 Å². The van der Waals surface area contributed by atoms with Gasteiger partial charge in [-0.15, -0.1) is 11.8 Å². The van der Waals surface area contributed by atoms with Crippen LogP contribution < -0.4 is 11.1 Å². The summed E-state index contributed by atoms with van der Waals surface area (Å²) in [6, 6.07) is 8.85. The first kappa shape index (κ1) is 16.5. The van der Waals surface area contributed by atoms with E-state index >= 15 is 0 Å². The van der Waals surface area contributed by atoms with Crippen LogP contribution in [0.2, 0.25) is 0 Å². The van der Waals surface area contributed by atoms with E-state index in [0.717, 1.165) is 0 Å². The quantitative estimate of drug-likeness (QED) is 0.672. The number of β-lactam (4-membered cyclic amide) rings is 1. The molecule has 8 heteroatoms. The number of nitrogens with zero attached hydrogens (tertiary/aromatic N) is 1. The van der Waals surface area contributed by atoms with Crippen molar-refractivity contribution in [2.24, 2.45) is 5.73 Å². The number of benzene rings is 1. The molecule has 2 atom stereocenters. The molecule has 0 saturated carbocycles. The van der Waals surface area contributed by atoms with Crippen LogP contribution in [0.5, 0.6) is 0 Å². The maximum absolute atomic E-state index is 13.0. The highest BCUT2D eigenvalue weighted by Crippen LogP contribution is 2.51. The third kappa shape index (κ3) is 2.22. The van der Waals surface area contributed by atoms with E-state index in [4.69, 9.17) is 5.73 Å². The van der Waals surface area contributed by atoms with Gasteiger partial charge < -0.3 is 16.2 Å². The molecule has 7 nitrogen and oxygen atoms in total. The van der Waals surface area contributed by atoms with E-state index in [9.17, 15) is 19.5 Å². The molecule has 1 aromatic rings. The molecule has 1 fully saturated rings. The number of carbonyl (C=O) groups is 3. The second-order valence-corrected chi connectivity index (χ2v) is 6.77. The van der Waals surface area contributed by atoms with Crippen molar-refractivity contribution in [3.8, 4) is 0 Å². The number of thioether (sulfide) groups is 1. The van der Waals surface area contributed by atoms with E-state index < -0.39 is 28.7 Å². The Hall–Kier alpha value is -2.32. The van der Waals surface area contributed by atoms with Gasteiger partial charge in [0.05, 0.1) is 6.54 Å². The van der Waals surface area contributed by atoms with Crippen molar-refractivity contribution in [1.82, 2.24) is 10.2 Å². The molecule has 0 aliphatic carbocycles. The first-order valence-electron chi connectivity index (χ1n) is 7.38. The minimum absolute atomic E-state index is 0.00250. The average Bonchev–Trinajstić information content (AvgIpc) is 2.59. The van der Waals surface area contributed by atoms with Gasteiger partial charge in [0, 0.05) is 5.75 Å². The Balaban J connectivity index is 2.09. The van der Waals surface area contributed by atoms with Crippen molar-refractivity contribution in [2.45, 2.75) is 17.8 Å². The highest BCUT2D eigenvalue weighted by Gasteiger charge is 2.65. The van der Waals surface area contributed by atoms with Gasteiger partial charge in [0.2, 0.25) is 5.91 Å². The number of nitrogens with two attached hydrogens (primary N) is 1. The van der Waals surface area contributed by atoms with Crippen LogP contribution in [0.4, 0.5) is 0 Å². The van der Waals surface area contributed by atoms with E-state index in [1.165, 1.54) is 16.7 Å². The van der Waals surface area contributed by atoms with Gasteiger partial charge in [-0.25, -0.2) is 4.79 Å².